The van der Waals surface area contributed by atoms with Crippen molar-refractivity contribution in [3.8, 4) is 22.6 Å². The Labute approximate surface area is 195 Å². The van der Waals surface area contributed by atoms with Crippen molar-refractivity contribution in [2.75, 3.05) is 31.1 Å². The predicted molar refractivity (Wildman–Crippen MR) is 127 cm³/mol. The lowest BCUT2D eigenvalue weighted by atomic mass is 10.1. The fourth-order valence-corrected chi connectivity index (χ4v) is 4.09. The summed E-state index contributed by atoms with van der Waals surface area (Å²) in [6.45, 7) is 4.41. The number of aryl methyl sites for hydroxylation is 1. The van der Waals surface area contributed by atoms with Crippen LogP contribution in [-0.2, 0) is 13.6 Å². The minimum Gasteiger partial charge on any atom is -0.366 e. The first-order valence-electron chi connectivity index (χ1n) is 11.2. The molecule has 11 heteroatoms. The van der Waals surface area contributed by atoms with E-state index in [9.17, 15) is 0 Å². The molecule has 11 nitrogen and oxygen atoms in total. The molecule has 0 amide bonds. The highest BCUT2D eigenvalue weighted by atomic mass is 15.4. The topological polar surface area (TPSA) is 115 Å². The molecule has 0 saturated carbocycles. The maximum Gasteiger partial charge on any atom is 0.221 e. The SMILES string of the molecule is Cn1cc(-c2cnc3nnn(Cc4cccc(-c5ncc(N6CCNCC6)cn5)c4)c3n2)cn1. The standard InChI is InChI=1S/C23H23N11/c1-32-15-18(10-28-32)20-13-27-22-23(29-20)34(31-30-22)14-16-3-2-4-17(9-16)21-25-11-19(12-26-21)33-7-5-24-6-8-33/h2-4,9-13,15,24H,5-8,14H2,1H3. The number of benzene rings is 1. The fraction of sp³-hybridized carbons (Fsp3) is 0.261. The van der Waals surface area contributed by atoms with Crippen LogP contribution in [0.4, 0.5) is 5.69 Å². The number of hydrogen-bond acceptors (Lipinski definition) is 9. The second-order valence-electron chi connectivity index (χ2n) is 8.25. The highest BCUT2D eigenvalue weighted by Crippen LogP contribution is 2.21. The van der Waals surface area contributed by atoms with Gasteiger partial charge in [-0.15, -0.1) is 5.10 Å². The molecule has 1 fully saturated rings. The van der Waals surface area contributed by atoms with Gasteiger partial charge in [-0.1, -0.05) is 23.4 Å². The van der Waals surface area contributed by atoms with Gasteiger partial charge in [-0.05, 0) is 11.6 Å². The zero-order valence-electron chi connectivity index (χ0n) is 18.7. The highest BCUT2D eigenvalue weighted by Gasteiger charge is 2.14. The van der Waals surface area contributed by atoms with Crippen LogP contribution in [0.2, 0.25) is 0 Å². The molecule has 34 heavy (non-hydrogen) atoms. The number of rotatable bonds is 5. The number of aromatic nitrogens is 9. The molecule has 0 unspecified atom stereocenters. The normalized spacial score (nSPS) is 14.1. The van der Waals surface area contributed by atoms with Crippen molar-refractivity contribution in [3.05, 3.63) is 60.8 Å². The number of fused-ring (bicyclic) bond motifs is 1. The molecule has 0 bridgehead atoms. The zero-order valence-corrected chi connectivity index (χ0v) is 18.7. The van der Waals surface area contributed by atoms with Gasteiger partial charge in [-0.25, -0.2) is 24.6 Å². The van der Waals surface area contributed by atoms with Gasteiger partial charge in [0.1, 0.15) is 0 Å². The van der Waals surface area contributed by atoms with E-state index in [-0.39, 0.29) is 0 Å². The molecule has 5 aromatic rings. The molecule has 1 aliphatic heterocycles. The van der Waals surface area contributed by atoms with Gasteiger partial charge in [-0.2, -0.15) is 5.10 Å². The van der Waals surface area contributed by atoms with Crippen LogP contribution in [0.1, 0.15) is 5.56 Å². The maximum atomic E-state index is 4.74. The smallest absolute Gasteiger partial charge is 0.221 e. The lowest BCUT2D eigenvalue weighted by Crippen LogP contribution is -2.43. The minimum absolute atomic E-state index is 0.508. The van der Waals surface area contributed by atoms with Crippen LogP contribution < -0.4 is 10.2 Å². The molecule has 1 aliphatic rings. The molecular formula is C23H23N11. The maximum absolute atomic E-state index is 4.74. The summed E-state index contributed by atoms with van der Waals surface area (Å²) in [5.74, 6) is 0.697. The van der Waals surface area contributed by atoms with Gasteiger partial charge in [0.05, 0.1) is 42.7 Å². The summed E-state index contributed by atoms with van der Waals surface area (Å²) in [5, 5.41) is 16.0. The molecule has 1 N–H and O–H groups in total. The summed E-state index contributed by atoms with van der Waals surface area (Å²) in [7, 11) is 1.87. The second kappa shape index (κ2) is 8.60. The number of hydrogen-bond donors (Lipinski definition) is 1. The van der Waals surface area contributed by atoms with Crippen LogP contribution in [0.15, 0.2) is 55.2 Å². The molecule has 4 aromatic heterocycles. The fourth-order valence-electron chi connectivity index (χ4n) is 4.09. The summed E-state index contributed by atoms with van der Waals surface area (Å²) >= 11 is 0. The van der Waals surface area contributed by atoms with Gasteiger partial charge >= 0.3 is 0 Å². The van der Waals surface area contributed by atoms with Gasteiger partial charge in [0, 0.05) is 50.6 Å². The molecule has 0 radical (unpaired) electrons. The molecular weight excluding hydrogens is 430 g/mol. The number of piperazine rings is 1. The van der Waals surface area contributed by atoms with Crippen molar-refractivity contribution in [2.45, 2.75) is 6.54 Å². The summed E-state index contributed by atoms with van der Waals surface area (Å²) < 4.78 is 3.50. The van der Waals surface area contributed by atoms with E-state index < -0.39 is 0 Å². The van der Waals surface area contributed by atoms with E-state index >= 15 is 0 Å². The Morgan fingerprint density at radius 2 is 1.82 bits per heavy atom. The van der Waals surface area contributed by atoms with Crippen LogP contribution in [0.3, 0.4) is 0 Å². The largest absolute Gasteiger partial charge is 0.366 e. The third-order valence-electron chi connectivity index (χ3n) is 5.87. The highest BCUT2D eigenvalue weighted by molar-refractivity contribution is 5.69. The molecule has 0 atom stereocenters. The summed E-state index contributed by atoms with van der Waals surface area (Å²) in [6, 6.07) is 8.14. The number of anilines is 1. The first-order chi connectivity index (χ1) is 16.7. The minimum atomic E-state index is 0.508. The van der Waals surface area contributed by atoms with E-state index in [1.165, 1.54) is 0 Å². The summed E-state index contributed by atoms with van der Waals surface area (Å²) in [4.78, 5) is 20.7. The lowest BCUT2D eigenvalue weighted by Gasteiger charge is -2.28. The Balaban J connectivity index is 1.25. The van der Waals surface area contributed by atoms with Crippen LogP contribution in [-0.4, -0.2) is 70.9 Å². The molecule has 1 saturated heterocycles. The van der Waals surface area contributed by atoms with Crippen molar-refractivity contribution in [3.63, 3.8) is 0 Å². The Kier molecular flexibility index (Phi) is 5.15. The van der Waals surface area contributed by atoms with Crippen molar-refractivity contribution in [1.29, 1.82) is 0 Å². The van der Waals surface area contributed by atoms with Gasteiger partial charge in [0.2, 0.25) is 5.65 Å². The number of nitrogens with one attached hydrogen (secondary N) is 1. The first kappa shape index (κ1) is 20.4. The Morgan fingerprint density at radius 1 is 0.971 bits per heavy atom. The van der Waals surface area contributed by atoms with Crippen LogP contribution in [0.25, 0.3) is 33.9 Å². The van der Waals surface area contributed by atoms with Gasteiger partial charge in [0.15, 0.2) is 11.5 Å². The average molecular weight is 454 g/mol. The molecule has 5 heterocycles. The predicted octanol–water partition coefficient (Wildman–Crippen LogP) is 1.54. The zero-order chi connectivity index (χ0) is 22.9. The molecule has 0 spiro atoms. The van der Waals surface area contributed by atoms with Crippen molar-refractivity contribution >= 4 is 17.0 Å². The molecule has 1 aromatic carbocycles. The van der Waals surface area contributed by atoms with Gasteiger partial charge in [0.25, 0.3) is 0 Å². The van der Waals surface area contributed by atoms with Gasteiger partial charge < -0.3 is 10.2 Å². The van der Waals surface area contributed by atoms with E-state index in [1.807, 2.05) is 43.8 Å². The van der Waals surface area contributed by atoms with E-state index in [1.54, 1.807) is 21.8 Å². The lowest BCUT2D eigenvalue weighted by molar-refractivity contribution is 0.588. The van der Waals surface area contributed by atoms with E-state index in [2.05, 4.69) is 46.6 Å². The van der Waals surface area contributed by atoms with Crippen molar-refractivity contribution in [2.24, 2.45) is 7.05 Å². The van der Waals surface area contributed by atoms with Crippen LogP contribution in [0.5, 0.6) is 0 Å². The second-order valence-corrected chi connectivity index (χ2v) is 8.25. The Morgan fingerprint density at radius 3 is 2.62 bits per heavy atom. The van der Waals surface area contributed by atoms with Gasteiger partial charge in [-0.3, -0.25) is 4.68 Å². The monoisotopic (exact) mass is 453 g/mol. The summed E-state index contributed by atoms with van der Waals surface area (Å²) in [6.07, 6.45) is 9.17. The van der Waals surface area contributed by atoms with Crippen LogP contribution >= 0.6 is 0 Å². The molecule has 0 aliphatic carbocycles. The van der Waals surface area contributed by atoms with Crippen molar-refractivity contribution < 1.29 is 0 Å². The van der Waals surface area contributed by atoms with E-state index in [0.717, 1.165) is 54.3 Å². The van der Waals surface area contributed by atoms with E-state index in [0.29, 0.717) is 23.7 Å². The molecule has 6 rings (SSSR count). The third-order valence-corrected chi connectivity index (χ3v) is 5.87. The Hall–Kier alpha value is -4.25. The average Bonchev–Trinajstić information content (AvgIpc) is 3.51. The molecule has 170 valence electrons. The quantitative estimate of drug-likeness (QED) is 0.423. The Bertz CT molecular complexity index is 1430. The van der Waals surface area contributed by atoms with E-state index in [4.69, 9.17) is 4.98 Å². The third kappa shape index (κ3) is 3.97. The summed E-state index contributed by atoms with van der Waals surface area (Å²) in [5.41, 5.74) is 5.82. The number of nitrogens with zero attached hydrogens (tertiary/aromatic N) is 10. The first-order valence-corrected chi connectivity index (χ1v) is 11.2. The van der Waals surface area contributed by atoms with Crippen LogP contribution in [0, 0.1) is 0 Å². The van der Waals surface area contributed by atoms with Crippen molar-refractivity contribution in [1.82, 2.24) is 50.0 Å².